The number of aryl methyl sites for hydroxylation is 1. The van der Waals surface area contributed by atoms with E-state index in [2.05, 4.69) is 20.7 Å². The zero-order chi connectivity index (χ0) is 18.0. The molecule has 0 radical (unpaired) electrons. The van der Waals surface area contributed by atoms with Crippen LogP contribution in [0.25, 0.3) is 11.4 Å². The van der Waals surface area contributed by atoms with E-state index in [0.717, 1.165) is 5.56 Å². The second kappa shape index (κ2) is 7.16. The number of hydrogen-bond donors (Lipinski definition) is 2. The van der Waals surface area contributed by atoms with E-state index in [1.165, 1.54) is 16.4 Å². The van der Waals surface area contributed by atoms with Crippen LogP contribution in [-0.4, -0.2) is 31.2 Å². The fourth-order valence-electron chi connectivity index (χ4n) is 2.01. The van der Waals surface area contributed by atoms with Crippen molar-refractivity contribution >= 4 is 35.2 Å². The number of carbonyl (C=O) groups excluding carboxylic acids is 1. The highest BCUT2D eigenvalue weighted by Gasteiger charge is 2.21. The molecule has 3 N–H and O–H groups in total. The molecule has 0 fully saturated rings. The average Bonchev–Trinajstić information content (AvgIpc) is 3.15. The van der Waals surface area contributed by atoms with Crippen LogP contribution in [0.5, 0.6) is 0 Å². The lowest BCUT2D eigenvalue weighted by Gasteiger charge is -2.09. The van der Waals surface area contributed by atoms with Gasteiger partial charge < -0.3 is 10.4 Å². The van der Waals surface area contributed by atoms with Crippen LogP contribution in [0.3, 0.4) is 0 Å². The molecule has 1 amide bonds. The number of carbonyl (C=O) groups is 1. The Kier molecular flexibility index (Phi) is 4.95. The first-order valence-corrected chi connectivity index (χ1v) is 8.57. The first-order chi connectivity index (χ1) is 11.9. The third-order valence-electron chi connectivity index (χ3n) is 3.29. The summed E-state index contributed by atoms with van der Waals surface area (Å²) in [5, 5.41) is 15.1. The normalized spacial score (nSPS) is 12.1. The molecule has 0 aliphatic carbocycles. The van der Waals surface area contributed by atoms with Crippen LogP contribution in [-0.2, 0) is 4.79 Å². The maximum atomic E-state index is 12.2. The first kappa shape index (κ1) is 17.3. The highest BCUT2D eigenvalue weighted by molar-refractivity contribution is 8.00. The number of nitrogens with zero attached hydrogens (tertiary/aromatic N) is 4. The Morgan fingerprint density at radius 3 is 2.72 bits per heavy atom. The number of aromatic nitrogens is 4. The van der Waals surface area contributed by atoms with Gasteiger partial charge in [0.05, 0.1) is 10.9 Å². The van der Waals surface area contributed by atoms with Crippen molar-refractivity contribution in [3.63, 3.8) is 0 Å². The highest BCUT2D eigenvalue weighted by Crippen LogP contribution is 2.26. The van der Waals surface area contributed by atoms with E-state index in [9.17, 15) is 4.79 Å². The van der Waals surface area contributed by atoms with Crippen LogP contribution in [0.2, 0.25) is 5.02 Å². The molecule has 3 rings (SSSR count). The molecular formula is C15H15ClN6O2S. The minimum atomic E-state index is -0.463. The predicted octanol–water partition coefficient (Wildman–Crippen LogP) is 2.73. The molecule has 2 aromatic heterocycles. The molecule has 130 valence electrons. The minimum Gasteiger partial charge on any atom is -0.338 e. The van der Waals surface area contributed by atoms with Gasteiger partial charge in [-0.3, -0.25) is 10.1 Å². The lowest BCUT2D eigenvalue weighted by atomic mass is 10.2. The molecule has 10 heteroatoms. The van der Waals surface area contributed by atoms with E-state index >= 15 is 0 Å². The summed E-state index contributed by atoms with van der Waals surface area (Å²) < 4.78 is 6.31. The summed E-state index contributed by atoms with van der Waals surface area (Å²) in [5.41, 5.74) is 1.46. The quantitative estimate of drug-likeness (QED) is 0.518. The average molecular weight is 379 g/mol. The lowest BCUT2D eigenvalue weighted by Crippen LogP contribution is -2.23. The molecule has 0 aliphatic heterocycles. The van der Waals surface area contributed by atoms with Crippen LogP contribution < -0.4 is 11.2 Å². The Bertz CT molecular complexity index is 892. The van der Waals surface area contributed by atoms with Gasteiger partial charge in [0.15, 0.2) is 5.82 Å². The Hall–Kier alpha value is -2.52. The van der Waals surface area contributed by atoms with Gasteiger partial charge in [0.25, 0.3) is 0 Å². The number of benzene rings is 1. The maximum absolute atomic E-state index is 12.2. The number of hydrogen-bond acceptors (Lipinski definition) is 7. The van der Waals surface area contributed by atoms with Crippen LogP contribution in [0.15, 0.2) is 40.0 Å². The standard InChI is InChI=1S/C15H15ClN6O2S/c1-8-7-12(24-21-8)18-14(23)9(2)25-15-20-19-13(22(15)17)10-3-5-11(16)6-4-10/h3-7,9H,17H2,1-2H3,(H,18,23). The van der Waals surface area contributed by atoms with Crippen molar-refractivity contribution in [1.29, 1.82) is 0 Å². The largest absolute Gasteiger partial charge is 0.338 e. The maximum Gasteiger partial charge on any atom is 0.240 e. The van der Waals surface area contributed by atoms with Crippen molar-refractivity contribution in [1.82, 2.24) is 20.0 Å². The summed E-state index contributed by atoms with van der Waals surface area (Å²) in [6, 6.07) is 8.72. The van der Waals surface area contributed by atoms with Crippen molar-refractivity contribution in [2.45, 2.75) is 24.3 Å². The number of nitrogens with two attached hydrogens (primary N) is 1. The molecule has 0 bridgehead atoms. The molecule has 3 aromatic rings. The van der Waals surface area contributed by atoms with Crippen molar-refractivity contribution in [3.8, 4) is 11.4 Å². The van der Waals surface area contributed by atoms with Crippen LogP contribution in [0.1, 0.15) is 12.6 Å². The SMILES string of the molecule is Cc1cc(NC(=O)C(C)Sc2nnc(-c3ccc(Cl)cc3)n2N)on1. The summed E-state index contributed by atoms with van der Waals surface area (Å²) in [5.74, 6) is 6.58. The number of nitrogens with one attached hydrogen (secondary N) is 1. The Labute approximate surface area is 152 Å². The summed E-state index contributed by atoms with van der Waals surface area (Å²) in [6.45, 7) is 3.51. The van der Waals surface area contributed by atoms with Crippen molar-refractivity contribution in [2.75, 3.05) is 11.2 Å². The molecule has 0 saturated carbocycles. The molecule has 25 heavy (non-hydrogen) atoms. The number of rotatable bonds is 5. The van der Waals surface area contributed by atoms with E-state index < -0.39 is 5.25 Å². The van der Waals surface area contributed by atoms with Gasteiger partial charge in [0, 0.05) is 16.7 Å². The molecule has 0 spiro atoms. The van der Waals surface area contributed by atoms with Gasteiger partial charge in [-0.2, -0.15) is 0 Å². The lowest BCUT2D eigenvalue weighted by molar-refractivity contribution is -0.115. The van der Waals surface area contributed by atoms with Crippen molar-refractivity contribution in [2.24, 2.45) is 0 Å². The molecule has 1 atom stereocenters. The van der Waals surface area contributed by atoms with Crippen LogP contribution in [0.4, 0.5) is 5.88 Å². The zero-order valence-electron chi connectivity index (χ0n) is 13.4. The minimum absolute atomic E-state index is 0.253. The van der Waals surface area contributed by atoms with E-state index in [1.807, 2.05) is 0 Å². The predicted molar refractivity (Wildman–Crippen MR) is 95.8 cm³/mol. The molecule has 1 unspecified atom stereocenters. The number of halogens is 1. The highest BCUT2D eigenvalue weighted by atomic mass is 35.5. The Balaban J connectivity index is 1.70. The topological polar surface area (TPSA) is 112 Å². The second-order valence-corrected chi connectivity index (χ2v) is 7.01. The Morgan fingerprint density at radius 1 is 1.36 bits per heavy atom. The van der Waals surface area contributed by atoms with Gasteiger partial charge in [-0.25, -0.2) is 4.68 Å². The first-order valence-electron chi connectivity index (χ1n) is 7.31. The second-order valence-electron chi connectivity index (χ2n) is 5.26. The summed E-state index contributed by atoms with van der Waals surface area (Å²) in [7, 11) is 0. The molecular weight excluding hydrogens is 364 g/mol. The number of nitrogen functional groups attached to an aromatic ring is 1. The molecule has 0 aliphatic rings. The fraction of sp³-hybridized carbons (Fsp3) is 0.200. The zero-order valence-corrected chi connectivity index (χ0v) is 15.0. The summed E-state index contributed by atoms with van der Waals surface area (Å²) in [4.78, 5) is 12.2. The number of amides is 1. The number of thioether (sulfide) groups is 1. The molecule has 2 heterocycles. The van der Waals surface area contributed by atoms with Gasteiger partial charge >= 0.3 is 0 Å². The van der Waals surface area contributed by atoms with E-state index in [-0.39, 0.29) is 5.91 Å². The van der Waals surface area contributed by atoms with Crippen molar-refractivity contribution in [3.05, 3.63) is 41.0 Å². The summed E-state index contributed by atoms with van der Waals surface area (Å²) >= 11 is 7.07. The monoisotopic (exact) mass is 378 g/mol. The smallest absolute Gasteiger partial charge is 0.240 e. The molecule has 8 nitrogen and oxygen atoms in total. The van der Waals surface area contributed by atoms with E-state index in [0.29, 0.717) is 27.6 Å². The van der Waals surface area contributed by atoms with Crippen molar-refractivity contribution < 1.29 is 9.32 Å². The third-order valence-corrected chi connectivity index (χ3v) is 4.60. The molecule has 1 aromatic carbocycles. The summed E-state index contributed by atoms with van der Waals surface area (Å²) in [6.07, 6.45) is 0. The van der Waals surface area contributed by atoms with Gasteiger partial charge in [-0.05, 0) is 38.1 Å². The van der Waals surface area contributed by atoms with Gasteiger partial charge in [0.1, 0.15) is 0 Å². The van der Waals surface area contributed by atoms with E-state index in [4.69, 9.17) is 22.0 Å². The van der Waals surface area contributed by atoms with Crippen LogP contribution in [0, 0.1) is 6.92 Å². The number of anilines is 1. The van der Waals surface area contributed by atoms with Crippen LogP contribution >= 0.6 is 23.4 Å². The van der Waals surface area contributed by atoms with E-state index in [1.54, 1.807) is 44.2 Å². The molecule has 0 saturated heterocycles. The van der Waals surface area contributed by atoms with Gasteiger partial charge in [0.2, 0.25) is 16.9 Å². The third kappa shape index (κ3) is 3.94. The Morgan fingerprint density at radius 2 is 2.08 bits per heavy atom. The van der Waals surface area contributed by atoms with Gasteiger partial charge in [-0.15, -0.1) is 10.2 Å². The fourth-order valence-corrected chi connectivity index (χ4v) is 2.91. The van der Waals surface area contributed by atoms with Gasteiger partial charge in [-0.1, -0.05) is 28.5 Å².